The third-order valence-corrected chi connectivity index (χ3v) is 3.43. The van der Waals surface area contributed by atoms with Gasteiger partial charge in [0.15, 0.2) is 0 Å². The summed E-state index contributed by atoms with van der Waals surface area (Å²) in [7, 11) is 0. The quantitative estimate of drug-likeness (QED) is 0.600. The summed E-state index contributed by atoms with van der Waals surface area (Å²) in [5.74, 6) is 0.734. The Bertz CT molecular complexity index is 502. The lowest BCUT2D eigenvalue weighted by molar-refractivity contribution is 0.473. The number of aromatic hydroxyl groups is 1. The van der Waals surface area contributed by atoms with E-state index in [9.17, 15) is 5.11 Å². The lowest BCUT2D eigenvalue weighted by Crippen LogP contribution is -2.17. The van der Waals surface area contributed by atoms with Crippen molar-refractivity contribution < 1.29 is 5.11 Å². The van der Waals surface area contributed by atoms with Crippen LogP contribution in [-0.4, -0.2) is 5.11 Å². The Morgan fingerprint density at radius 3 is 2.35 bits per heavy atom. The molecule has 0 fully saturated rings. The van der Waals surface area contributed by atoms with Crippen LogP contribution in [0.15, 0.2) is 41.7 Å². The maximum Gasteiger partial charge on any atom is 0.124 e. The van der Waals surface area contributed by atoms with Crippen molar-refractivity contribution in [2.75, 3.05) is 0 Å². The molecule has 4 heteroatoms. The van der Waals surface area contributed by atoms with Gasteiger partial charge in [-0.2, -0.15) is 0 Å². The molecular formula is C16H25N3O. The molecule has 0 bridgehead atoms. The zero-order valence-electron chi connectivity index (χ0n) is 12.3. The predicted octanol–water partition coefficient (Wildman–Crippen LogP) is 2.65. The Labute approximate surface area is 121 Å². The molecule has 1 rings (SSSR count). The molecule has 0 aliphatic rings. The van der Waals surface area contributed by atoms with Crippen molar-refractivity contribution in [2.45, 2.75) is 33.1 Å². The SMILES string of the molecule is CCCC(CC)C(/C=C(\N)c1ccccc1O)=C(N)N. The van der Waals surface area contributed by atoms with E-state index in [4.69, 9.17) is 17.2 Å². The Balaban J connectivity index is 3.16. The Kier molecular flexibility index (Phi) is 5.97. The first kappa shape index (κ1) is 16.0. The van der Waals surface area contributed by atoms with E-state index < -0.39 is 0 Å². The van der Waals surface area contributed by atoms with Crippen LogP contribution in [0.5, 0.6) is 5.75 Å². The monoisotopic (exact) mass is 275 g/mol. The smallest absolute Gasteiger partial charge is 0.124 e. The van der Waals surface area contributed by atoms with Crippen LogP contribution in [0, 0.1) is 5.92 Å². The lowest BCUT2D eigenvalue weighted by Gasteiger charge is -2.18. The molecule has 4 nitrogen and oxygen atoms in total. The molecule has 1 unspecified atom stereocenters. The van der Waals surface area contributed by atoms with Crippen molar-refractivity contribution in [1.29, 1.82) is 0 Å². The average Bonchev–Trinajstić information content (AvgIpc) is 2.42. The van der Waals surface area contributed by atoms with Crippen LogP contribution >= 0.6 is 0 Å². The van der Waals surface area contributed by atoms with Crippen LogP contribution in [0.25, 0.3) is 5.70 Å². The number of nitrogens with two attached hydrogens (primary N) is 3. The van der Waals surface area contributed by atoms with Gasteiger partial charge in [0.05, 0.1) is 5.82 Å². The average molecular weight is 275 g/mol. The van der Waals surface area contributed by atoms with Gasteiger partial charge in [0.1, 0.15) is 5.75 Å². The van der Waals surface area contributed by atoms with Crippen molar-refractivity contribution in [3.8, 4) is 5.75 Å². The minimum absolute atomic E-state index is 0.153. The second-order valence-electron chi connectivity index (χ2n) is 4.92. The second-order valence-corrected chi connectivity index (χ2v) is 4.92. The van der Waals surface area contributed by atoms with E-state index in [1.165, 1.54) is 0 Å². The van der Waals surface area contributed by atoms with Crippen LogP contribution in [0.1, 0.15) is 38.7 Å². The number of benzene rings is 1. The second kappa shape index (κ2) is 7.48. The number of phenolic OH excluding ortho intramolecular Hbond substituents is 1. The van der Waals surface area contributed by atoms with Gasteiger partial charge in [-0.1, -0.05) is 32.4 Å². The van der Waals surface area contributed by atoms with Crippen molar-refractivity contribution in [2.24, 2.45) is 23.1 Å². The summed E-state index contributed by atoms with van der Waals surface area (Å²) >= 11 is 0. The van der Waals surface area contributed by atoms with Crippen molar-refractivity contribution >= 4 is 5.70 Å². The Morgan fingerprint density at radius 1 is 1.20 bits per heavy atom. The molecule has 0 aliphatic carbocycles. The van der Waals surface area contributed by atoms with Gasteiger partial charge < -0.3 is 22.3 Å². The molecule has 0 aromatic heterocycles. The van der Waals surface area contributed by atoms with Gasteiger partial charge in [0, 0.05) is 11.3 Å². The van der Waals surface area contributed by atoms with Crippen LogP contribution in [0.4, 0.5) is 0 Å². The molecule has 1 aromatic carbocycles. The van der Waals surface area contributed by atoms with Gasteiger partial charge in [-0.3, -0.25) is 0 Å². The molecule has 0 saturated heterocycles. The summed E-state index contributed by atoms with van der Waals surface area (Å²) in [6.07, 6.45) is 4.80. The number of hydrogen-bond acceptors (Lipinski definition) is 4. The first-order chi connectivity index (χ1) is 9.51. The van der Waals surface area contributed by atoms with E-state index >= 15 is 0 Å². The van der Waals surface area contributed by atoms with Gasteiger partial charge in [-0.25, -0.2) is 0 Å². The number of phenols is 1. The molecule has 20 heavy (non-hydrogen) atoms. The lowest BCUT2D eigenvalue weighted by atomic mass is 9.90. The molecule has 110 valence electrons. The molecule has 0 radical (unpaired) electrons. The fraction of sp³-hybridized carbons (Fsp3) is 0.375. The van der Waals surface area contributed by atoms with Gasteiger partial charge >= 0.3 is 0 Å². The number of hydrogen-bond donors (Lipinski definition) is 4. The fourth-order valence-electron chi connectivity index (χ4n) is 2.33. The number of rotatable bonds is 6. The molecular weight excluding hydrogens is 250 g/mol. The highest BCUT2D eigenvalue weighted by Crippen LogP contribution is 2.27. The Morgan fingerprint density at radius 2 is 1.85 bits per heavy atom. The fourth-order valence-corrected chi connectivity index (χ4v) is 2.33. The summed E-state index contributed by atoms with van der Waals surface area (Å²) < 4.78 is 0. The summed E-state index contributed by atoms with van der Waals surface area (Å²) in [5, 5.41) is 9.83. The predicted molar refractivity (Wildman–Crippen MR) is 84.4 cm³/mol. The van der Waals surface area contributed by atoms with Crippen LogP contribution in [-0.2, 0) is 0 Å². The van der Waals surface area contributed by atoms with Crippen molar-refractivity contribution in [3.05, 3.63) is 47.3 Å². The highest BCUT2D eigenvalue weighted by molar-refractivity contribution is 5.70. The molecule has 1 atom stereocenters. The normalized spacial score (nSPS) is 13.0. The van der Waals surface area contributed by atoms with E-state index in [2.05, 4.69) is 13.8 Å². The maximum atomic E-state index is 9.83. The number of para-hydroxylation sites is 1. The van der Waals surface area contributed by atoms with Crippen LogP contribution in [0.2, 0.25) is 0 Å². The minimum atomic E-state index is 0.153. The highest BCUT2D eigenvalue weighted by Gasteiger charge is 2.14. The van der Waals surface area contributed by atoms with E-state index in [1.807, 2.05) is 6.07 Å². The van der Waals surface area contributed by atoms with E-state index in [0.29, 0.717) is 17.1 Å². The maximum absolute atomic E-state index is 9.83. The molecule has 0 heterocycles. The third-order valence-electron chi connectivity index (χ3n) is 3.43. The summed E-state index contributed by atoms with van der Waals surface area (Å²) in [6, 6.07) is 6.96. The van der Waals surface area contributed by atoms with E-state index in [0.717, 1.165) is 24.8 Å². The van der Waals surface area contributed by atoms with Crippen LogP contribution in [0.3, 0.4) is 0 Å². The molecule has 7 N–H and O–H groups in total. The molecule has 0 amide bonds. The third kappa shape index (κ3) is 3.95. The summed E-state index contributed by atoms with van der Waals surface area (Å²) in [5.41, 5.74) is 19.6. The van der Waals surface area contributed by atoms with Gasteiger partial charge in [0.2, 0.25) is 0 Å². The molecule has 1 aromatic rings. The van der Waals surface area contributed by atoms with E-state index in [1.54, 1.807) is 24.3 Å². The van der Waals surface area contributed by atoms with E-state index in [-0.39, 0.29) is 11.7 Å². The van der Waals surface area contributed by atoms with Gasteiger partial charge in [-0.15, -0.1) is 0 Å². The minimum Gasteiger partial charge on any atom is -0.507 e. The first-order valence-electron chi connectivity index (χ1n) is 7.01. The van der Waals surface area contributed by atoms with Crippen LogP contribution < -0.4 is 17.2 Å². The largest absolute Gasteiger partial charge is 0.507 e. The topological polar surface area (TPSA) is 98.3 Å². The zero-order valence-corrected chi connectivity index (χ0v) is 12.3. The zero-order chi connectivity index (χ0) is 15.1. The van der Waals surface area contributed by atoms with Crippen molar-refractivity contribution in [3.63, 3.8) is 0 Å². The molecule has 0 aliphatic heterocycles. The molecule has 0 spiro atoms. The molecule has 0 saturated carbocycles. The highest BCUT2D eigenvalue weighted by atomic mass is 16.3. The van der Waals surface area contributed by atoms with Gasteiger partial charge in [0.25, 0.3) is 0 Å². The van der Waals surface area contributed by atoms with Crippen molar-refractivity contribution in [1.82, 2.24) is 0 Å². The summed E-state index contributed by atoms with van der Waals surface area (Å²) in [4.78, 5) is 0. The summed E-state index contributed by atoms with van der Waals surface area (Å²) in [6.45, 7) is 4.23. The van der Waals surface area contributed by atoms with Gasteiger partial charge in [-0.05, 0) is 42.5 Å². The number of allylic oxidation sites excluding steroid dienone is 2. The Hall–Kier alpha value is -2.10. The standard InChI is InChI=1S/C16H25N3O/c1-3-7-11(4-2)13(16(18)19)10-14(17)12-8-5-6-9-15(12)20/h5-6,8-11,20H,3-4,7,17-19H2,1-2H3/b14-10-. The first-order valence-corrected chi connectivity index (χ1v) is 7.01.